The molecule has 0 amide bonds. The van der Waals surface area contributed by atoms with Crippen molar-refractivity contribution in [3.8, 4) is 0 Å². The van der Waals surface area contributed by atoms with Gasteiger partial charge in [-0.05, 0) is 59.8 Å². The predicted molar refractivity (Wildman–Crippen MR) is 79.3 cm³/mol. The van der Waals surface area contributed by atoms with E-state index in [1.54, 1.807) is 0 Å². The van der Waals surface area contributed by atoms with Gasteiger partial charge in [0.05, 0.1) is 4.47 Å². The van der Waals surface area contributed by atoms with E-state index in [1.807, 2.05) is 0 Å². The van der Waals surface area contributed by atoms with Crippen molar-refractivity contribution >= 4 is 15.9 Å². The van der Waals surface area contributed by atoms with Gasteiger partial charge in [-0.1, -0.05) is 20.8 Å². The zero-order valence-corrected chi connectivity index (χ0v) is 13.4. The summed E-state index contributed by atoms with van der Waals surface area (Å²) in [4.78, 5) is 0. The van der Waals surface area contributed by atoms with Crippen LogP contribution in [0.5, 0.6) is 0 Å². The quantitative estimate of drug-likeness (QED) is 0.714. The van der Waals surface area contributed by atoms with Crippen molar-refractivity contribution in [3.05, 3.63) is 33.8 Å². The van der Waals surface area contributed by atoms with Gasteiger partial charge >= 0.3 is 0 Å². The summed E-state index contributed by atoms with van der Waals surface area (Å²) < 4.78 is 27.7. The lowest BCUT2D eigenvalue weighted by Crippen LogP contribution is -2.33. The van der Waals surface area contributed by atoms with Crippen LogP contribution < -0.4 is 5.32 Å². The molecule has 1 nitrogen and oxygen atoms in total. The normalized spacial score (nSPS) is 13.0. The molecule has 0 aliphatic heterocycles. The van der Waals surface area contributed by atoms with Gasteiger partial charge in [0.1, 0.15) is 11.6 Å². The topological polar surface area (TPSA) is 12.0 Å². The number of halogens is 3. The van der Waals surface area contributed by atoms with Crippen molar-refractivity contribution in [1.82, 2.24) is 5.32 Å². The zero-order chi connectivity index (χ0) is 14.4. The van der Waals surface area contributed by atoms with E-state index in [0.717, 1.165) is 19.4 Å². The lowest BCUT2D eigenvalue weighted by Gasteiger charge is -2.21. The number of nitrogens with one attached hydrogen (secondary N) is 1. The maximum Gasteiger partial charge on any atom is 0.143 e. The third-order valence-electron chi connectivity index (χ3n) is 3.35. The lowest BCUT2D eigenvalue weighted by atomic mass is 9.96. The largest absolute Gasteiger partial charge is 0.314 e. The molecule has 0 saturated heterocycles. The summed E-state index contributed by atoms with van der Waals surface area (Å²) >= 11 is 3.10. The molecule has 1 unspecified atom stereocenters. The van der Waals surface area contributed by atoms with Gasteiger partial charge in [-0.15, -0.1) is 0 Å². The third kappa shape index (κ3) is 4.84. The van der Waals surface area contributed by atoms with E-state index in [1.165, 1.54) is 12.1 Å². The van der Waals surface area contributed by atoms with Crippen LogP contribution in [-0.2, 0) is 6.42 Å². The summed E-state index contributed by atoms with van der Waals surface area (Å²) in [6.45, 7) is 7.31. The number of rotatable bonds is 7. The van der Waals surface area contributed by atoms with Gasteiger partial charge in [0.25, 0.3) is 0 Å². The molecule has 0 fully saturated rings. The maximum absolute atomic E-state index is 13.8. The van der Waals surface area contributed by atoms with E-state index in [-0.39, 0.29) is 5.56 Å². The second kappa shape index (κ2) is 7.95. The molecule has 0 saturated carbocycles. The molecule has 0 heterocycles. The van der Waals surface area contributed by atoms with Gasteiger partial charge in [-0.2, -0.15) is 0 Å². The van der Waals surface area contributed by atoms with Crippen LogP contribution in [0.3, 0.4) is 0 Å². The Labute approximate surface area is 122 Å². The first-order valence-electron chi connectivity index (χ1n) is 6.83. The Morgan fingerprint density at radius 1 is 1.26 bits per heavy atom. The summed E-state index contributed by atoms with van der Waals surface area (Å²) in [5, 5.41) is 3.41. The molecule has 0 bridgehead atoms. The van der Waals surface area contributed by atoms with Crippen LogP contribution in [0.25, 0.3) is 0 Å². The van der Waals surface area contributed by atoms with Gasteiger partial charge in [0, 0.05) is 11.6 Å². The summed E-state index contributed by atoms with van der Waals surface area (Å²) in [5.74, 6) is -0.396. The highest BCUT2D eigenvalue weighted by Crippen LogP contribution is 2.23. The van der Waals surface area contributed by atoms with Crippen molar-refractivity contribution in [2.24, 2.45) is 5.92 Å². The second-order valence-electron chi connectivity index (χ2n) is 5.12. The van der Waals surface area contributed by atoms with Crippen molar-refractivity contribution in [1.29, 1.82) is 0 Å². The zero-order valence-electron chi connectivity index (χ0n) is 11.8. The molecule has 0 aliphatic carbocycles. The molecule has 19 heavy (non-hydrogen) atoms. The highest BCUT2D eigenvalue weighted by atomic mass is 79.9. The summed E-state index contributed by atoms with van der Waals surface area (Å²) in [5.41, 5.74) is 0.188. The maximum atomic E-state index is 13.8. The average Bonchev–Trinajstić information content (AvgIpc) is 2.36. The number of benzene rings is 1. The molecule has 1 atom stereocenters. The minimum atomic E-state index is -0.468. The predicted octanol–water partition coefficient (Wildman–Crippen LogP) is 4.68. The molecule has 108 valence electrons. The third-order valence-corrected chi connectivity index (χ3v) is 3.96. The van der Waals surface area contributed by atoms with E-state index in [0.29, 0.717) is 22.9 Å². The van der Waals surface area contributed by atoms with Crippen LogP contribution in [0.1, 0.15) is 39.2 Å². The Balaban J connectivity index is 2.60. The smallest absolute Gasteiger partial charge is 0.143 e. The highest BCUT2D eigenvalue weighted by molar-refractivity contribution is 9.10. The molecule has 1 aromatic rings. The number of hydrogen-bond acceptors (Lipinski definition) is 1. The Bertz CT molecular complexity index is 407. The van der Waals surface area contributed by atoms with Gasteiger partial charge in [0.2, 0.25) is 0 Å². The van der Waals surface area contributed by atoms with Crippen molar-refractivity contribution in [2.45, 2.75) is 46.1 Å². The molecule has 1 N–H and O–H groups in total. The molecule has 0 aromatic heterocycles. The molecular formula is C15H22BrF2N. The first-order chi connectivity index (χ1) is 8.97. The molecule has 0 spiro atoms. The molecular weight excluding hydrogens is 312 g/mol. The van der Waals surface area contributed by atoms with Gasteiger partial charge in [-0.25, -0.2) is 8.78 Å². The van der Waals surface area contributed by atoms with E-state index in [9.17, 15) is 8.78 Å². The first kappa shape index (κ1) is 16.6. The lowest BCUT2D eigenvalue weighted by molar-refractivity contribution is 0.375. The Hall–Kier alpha value is -0.480. The van der Waals surface area contributed by atoms with Gasteiger partial charge < -0.3 is 5.32 Å². The summed E-state index contributed by atoms with van der Waals surface area (Å²) in [6.07, 6.45) is 2.14. The Morgan fingerprint density at radius 2 is 1.95 bits per heavy atom. The molecule has 0 radical (unpaired) electrons. The average molecular weight is 334 g/mol. The van der Waals surface area contributed by atoms with Gasteiger partial charge in [0.15, 0.2) is 0 Å². The van der Waals surface area contributed by atoms with Crippen molar-refractivity contribution < 1.29 is 8.78 Å². The van der Waals surface area contributed by atoms with Crippen LogP contribution in [-0.4, -0.2) is 12.6 Å². The molecule has 4 heteroatoms. The van der Waals surface area contributed by atoms with Crippen LogP contribution >= 0.6 is 15.9 Å². The van der Waals surface area contributed by atoms with Crippen LogP contribution in [0.4, 0.5) is 8.78 Å². The van der Waals surface area contributed by atoms with E-state index in [4.69, 9.17) is 0 Å². The second-order valence-corrected chi connectivity index (χ2v) is 5.98. The first-order valence-corrected chi connectivity index (χ1v) is 7.62. The minimum Gasteiger partial charge on any atom is -0.314 e. The molecule has 1 rings (SSSR count). The van der Waals surface area contributed by atoms with Crippen molar-refractivity contribution in [3.63, 3.8) is 0 Å². The standard InChI is InChI=1S/C15H22BrF2N/c1-4-19-14(10(2)3)7-5-6-11-13(17)9-8-12(16)15(11)18/h8-10,14,19H,4-7H2,1-3H3. The van der Waals surface area contributed by atoms with Crippen LogP contribution in [0.2, 0.25) is 0 Å². The van der Waals surface area contributed by atoms with E-state index in [2.05, 4.69) is 42.0 Å². The minimum absolute atomic E-state index is 0.188. The Morgan fingerprint density at radius 3 is 2.53 bits per heavy atom. The number of hydrogen-bond donors (Lipinski definition) is 1. The summed E-state index contributed by atoms with van der Waals surface area (Å²) in [6, 6.07) is 3.12. The Kier molecular flexibility index (Phi) is 6.94. The van der Waals surface area contributed by atoms with E-state index >= 15 is 0 Å². The highest BCUT2D eigenvalue weighted by Gasteiger charge is 2.15. The summed E-state index contributed by atoms with van der Waals surface area (Å²) in [7, 11) is 0. The fourth-order valence-electron chi connectivity index (χ4n) is 2.23. The molecule has 1 aromatic carbocycles. The fraction of sp³-hybridized carbons (Fsp3) is 0.600. The van der Waals surface area contributed by atoms with E-state index < -0.39 is 11.6 Å². The SMILES string of the molecule is CCNC(CCCc1c(F)ccc(Br)c1F)C(C)C. The fourth-order valence-corrected chi connectivity index (χ4v) is 2.60. The van der Waals surface area contributed by atoms with Gasteiger partial charge in [-0.3, -0.25) is 0 Å². The van der Waals surface area contributed by atoms with Crippen LogP contribution in [0, 0.1) is 17.6 Å². The van der Waals surface area contributed by atoms with Crippen molar-refractivity contribution in [2.75, 3.05) is 6.54 Å². The van der Waals surface area contributed by atoms with Crippen LogP contribution in [0.15, 0.2) is 16.6 Å². The monoisotopic (exact) mass is 333 g/mol. The molecule has 0 aliphatic rings.